The normalized spacial score (nSPS) is 11.4. The molecule has 2 aromatic rings. The lowest BCUT2D eigenvalue weighted by Crippen LogP contribution is -2.15. The summed E-state index contributed by atoms with van der Waals surface area (Å²) in [6, 6.07) is 9.94. The molecule has 0 saturated carbocycles. The highest BCUT2D eigenvalue weighted by atomic mass is 16.4. The average Bonchev–Trinajstić information content (AvgIpc) is 2.48. The quantitative estimate of drug-likeness (QED) is 0.345. The third-order valence-corrected chi connectivity index (χ3v) is 3.20. The van der Waals surface area contributed by atoms with Crippen LogP contribution in [-0.2, 0) is 6.54 Å². The van der Waals surface area contributed by atoms with E-state index in [4.69, 9.17) is 10.9 Å². The number of nitrogens with zero attached hydrogens (tertiary/aromatic N) is 2. The Balaban J connectivity index is 2.09. The molecule has 0 spiro atoms. The smallest absolute Gasteiger partial charge is 0.188 e. The van der Waals surface area contributed by atoms with Crippen molar-refractivity contribution in [1.82, 2.24) is 4.98 Å². The molecule has 20 heavy (non-hydrogen) atoms. The van der Waals surface area contributed by atoms with Crippen LogP contribution in [0.2, 0.25) is 0 Å². The van der Waals surface area contributed by atoms with Crippen LogP contribution in [0.4, 0.5) is 5.69 Å². The Morgan fingerprint density at radius 2 is 2.05 bits per heavy atom. The SMILES string of the molecule is Cc1ccc(NCc2ccnc(C(N)=NO)c2)cc1C. The van der Waals surface area contributed by atoms with E-state index < -0.39 is 0 Å². The van der Waals surface area contributed by atoms with E-state index in [-0.39, 0.29) is 5.84 Å². The molecule has 0 radical (unpaired) electrons. The van der Waals surface area contributed by atoms with Gasteiger partial charge >= 0.3 is 0 Å². The molecule has 0 amide bonds. The summed E-state index contributed by atoms with van der Waals surface area (Å²) in [5.74, 6) is 0.0121. The molecule has 2 rings (SSSR count). The van der Waals surface area contributed by atoms with Gasteiger partial charge in [0.15, 0.2) is 5.84 Å². The summed E-state index contributed by atoms with van der Waals surface area (Å²) in [6.45, 7) is 4.82. The predicted molar refractivity (Wildman–Crippen MR) is 80.0 cm³/mol. The average molecular weight is 270 g/mol. The minimum atomic E-state index is 0.0121. The number of oxime groups is 1. The lowest BCUT2D eigenvalue weighted by molar-refractivity contribution is 0.318. The van der Waals surface area contributed by atoms with Crippen LogP contribution in [0.3, 0.4) is 0 Å². The maximum Gasteiger partial charge on any atom is 0.188 e. The van der Waals surface area contributed by atoms with Crippen molar-refractivity contribution in [3.8, 4) is 0 Å². The molecule has 1 heterocycles. The second-order valence-electron chi connectivity index (χ2n) is 4.69. The number of hydrogen-bond donors (Lipinski definition) is 3. The van der Waals surface area contributed by atoms with E-state index in [1.165, 1.54) is 11.1 Å². The Bertz CT molecular complexity index is 638. The summed E-state index contributed by atoms with van der Waals surface area (Å²) in [4.78, 5) is 4.05. The summed E-state index contributed by atoms with van der Waals surface area (Å²) in [6.07, 6.45) is 1.64. The van der Waals surface area contributed by atoms with E-state index in [0.717, 1.165) is 11.3 Å². The van der Waals surface area contributed by atoms with E-state index in [0.29, 0.717) is 12.2 Å². The molecule has 0 unspecified atom stereocenters. The molecule has 0 aliphatic rings. The molecule has 1 aromatic heterocycles. The Kier molecular flexibility index (Phi) is 4.20. The molecule has 0 bridgehead atoms. The molecule has 4 N–H and O–H groups in total. The van der Waals surface area contributed by atoms with Gasteiger partial charge < -0.3 is 16.3 Å². The number of anilines is 1. The number of amidine groups is 1. The molecule has 5 heteroatoms. The van der Waals surface area contributed by atoms with Gasteiger partial charge in [0.05, 0.1) is 0 Å². The monoisotopic (exact) mass is 270 g/mol. The Hall–Kier alpha value is -2.56. The first-order valence-corrected chi connectivity index (χ1v) is 6.34. The summed E-state index contributed by atoms with van der Waals surface area (Å²) in [5, 5.41) is 14.9. The third kappa shape index (κ3) is 3.26. The molecular formula is C15H18N4O. The standard InChI is InChI=1S/C15H18N4O/c1-10-3-4-13(7-11(10)2)18-9-12-5-6-17-14(8-12)15(16)19-20/h3-8,18,20H,9H2,1-2H3,(H2,16,19). The first kappa shape index (κ1) is 13.9. The fourth-order valence-corrected chi connectivity index (χ4v) is 1.83. The van der Waals surface area contributed by atoms with Gasteiger partial charge in [0, 0.05) is 18.4 Å². The lowest BCUT2D eigenvalue weighted by Gasteiger charge is -2.09. The van der Waals surface area contributed by atoms with Crippen LogP contribution in [0.5, 0.6) is 0 Å². The van der Waals surface area contributed by atoms with Gasteiger partial charge in [-0.3, -0.25) is 4.98 Å². The second-order valence-corrected chi connectivity index (χ2v) is 4.69. The fraction of sp³-hybridized carbons (Fsp3) is 0.200. The molecule has 0 aliphatic carbocycles. The summed E-state index contributed by atoms with van der Waals surface area (Å²) in [7, 11) is 0. The van der Waals surface area contributed by atoms with Crippen molar-refractivity contribution in [3.63, 3.8) is 0 Å². The van der Waals surface area contributed by atoms with Crippen LogP contribution < -0.4 is 11.1 Å². The number of nitrogens with one attached hydrogen (secondary N) is 1. The van der Waals surface area contributed by atoms with Gasteiger partial charge in [0.25, 0.3) is 0 Å². The first-order chi connectivity index (χ1) is 9.60. The molecule has 0 aliphatic heterocycles. The van der Waals surface area contributed by atoms with Crippen LogP contribution in [-0.4, -0.2) is 16.0 Å². The van der Waals surface area contributed by atoms with Gasteiger partial charge in [-0.15, -0.1) is 0 Å². The largest absolute Gasteiger partial charge is 0.409 e. The minimum absolute atomic E-state index is 0.0121. The Labute approximate surface area is 118 Å². The molecule has 5 nitrogen and oxygen atoms in total. The van der Waals surface area contributed by atoms with Gasteiger partial charge in [-0.05, 0) is 54.8 Å². The van der Waals surface area contributed by atoms with Crippen molar-refractivity contribution in [3.05, 3.63) is 58.9 Å². The number of hydrogen-bond acceptors (Lipinski definition) is 4. The van der Waals surface area contributed by atoms with Crippen LogP contribution in [0.25, 0.3) is 0 Å². The highest BCUT2D eigenvalue weighted by Gasteiger charge is 2.02. The molecule has 1 aromatic carbocycles. The van der Waals surface area contributed by atoms with Gasteiger partial charge in [-0.25, -0.2) is 0 Å². The Morgan fingerprint density at radius 3 is 2.75 bits per heavy atom. The maximum atomic E-state index is 8.65. The van der Waals surface area contributed by atoms with Gasteiger partial charge in [0.2, 0.25) is 0 Å². The number of aryl methyl sites for hydroxylation is 2. The van der Waals surface area contributed by atoms with Gasteiger partial charge in [-0.1, -0.05) is 11.2 Å². The number of pyridine rings is 1. The number of nitrogens with two attached hydrogens (primary N) is 1. The maximum absolute atomic E-state index is 8.65. The topological polar surface area (TPSA) is 83.5 Å². The molecule has 0 fully saturated rings. The molecule has 0 atom stereocenters. The van der Waals surface area contributed by atoms with Crippen LogP contribution in [0.1, 0.15) is 22.4 Å². The molecule has 104 valence electrons. The van der Waals surface area contributed by atoms with Crippen LogP contribution >= 0.6 is 0 Å². The van der Waals surface area contributed by atoms with E-state index >= 15 is 0 Å². The third-order valence-electron chi connectivity index (χ3n) is 3.20. The zero-order chi connectivity index (χ0) is 14.5. The van der Waals surface area contributed by atoms with Crippen molar-refractivity contribution < 1.29 is 5.21 Å². The zero-order valence-electron chi connectivity index (χ0n) is 11.6. The predicted octanol–water partition coefficient (Wildman–Crippen LogP) is 2.41. The second kappa shape index (κ2) is 6.06. The van der Waals surface area contributed by atoms with Crippen molar-refractivity contribution in [2.24, 2.45) is 10.9 Å². The first-order valence-electron chi connectivity index (χ1n) is 6.34. The summed E-state index contributed by atoms with van der Waals surface area (Å²) < 4.78 is 0. The number of aromatic nitrogens is 1. The Morgan fingerprint density at radius 1 is 1.25 bits per heavy atom. The van der Waals surface area contributed by atoms with Crippen molar-refractivity contribution in [2.45, 2.75) is 20.4 Å². The van der Waals surface area contributed by atoms with Gasteiger partial charge in [0.1, 0.15) is 5.69 Å². The fourth-order valence-electron chi connectivity index (χ4n) is 1.83. The number of rotatable bonds is 4. The molecule has 0 saturated heterocycles. The van der Waals surface area contributed by atoms with Crippen molar-refractivity contribution in [1.29, 1.82) is 0 Å². The van der Waals surface area contributed by atoms with Crippen molar-refractivity contribution >= 4 is 11.5 Å². The highest BCUT2D eigenvalue weighted by Crippen LogP contribution is 2.15. The van der Waals surface area contributed by atoms with E-state index in [2.05, 4.69) is 41.4 Å². The highest BCUT2D eigenvalue weighted by molar-refractivity contribution is 5.95. The minimum Gasteiger partial charge on any atom is -0.409 e. The summed E-state index contributed by atoms with van der Waals surface area (Å²) >= 11 is 0. The zero-order valence-corrected chi connectivity index (χ0v) is 11.6. The lowest BCUT2D eigenvalue weighted by atomic mass is 10.1. The van der Waals surface area contributed by atoms with Crippen LogP contribution in [0.15, 0.2) is 41.7 Å². The van der Waals surface area contributed by atoms with E-state index in [9.17, 15) is 0 Å². The van der Waals surface area contributed by atoms with Crippen LogP contribution in [0, 0.1) is 13.8 Å². The van der Waals surface area contributed by atoms with E-state index in [1.54, 1.807) is 12.3 Å². The van der Waals surface area contributed by atoms with Crippen molar-refractivity contribution in [2.75, 3.05) is 5.32 Å². The van der Waals surface area contributed by atoms with Gasteiger partial charge in [-0.2, -0.15) is 0 Å². The number of benzene rings is 1. The molecular weight excluding hydrogens is 252 g/mol. The van der Waals surface area contributed by atoms with E-state index in [1.807, 2.05) is 12.1 Å². The summed E-state index contributed by atoms with van der Waals surface area (Å²) in [5.41, 5.74) is 10.6.